The Morgan fingerprint density at radius 3 is 2.44 bits per heavy atom. The molecule has 41 heavy (non-hydrogen) atoms. The van der Waals surface area contributed by atoms with Gasteiger partial charge in [0.2, 0.25) is 0 Å². The van der Waals surface area contributed by atoms with E-state index in [4.69, 9.17) is 26.9 Å². The highest BCUT2D eigenvalue weighted by Gasteiger charge is 2.58. The molecule has 1 aliphatic carbocycles. The summed E-state index contributed by atoms with van der Waals surface area (Å²) in [5.41, 5.74) is 2.89. The number of thiocarbonyl (C=S) groups is 1. The first kappa shape index (κ1) is 27.3. The van der Waals surface area contributed by atoms with Crippen LogP contribution in [0.15, 0.2) is 78.0 Å². The number of aromatic nitrogens is 4. The second-order valence-electron chi connectivity index (χ2n) is 10.4. The van der Waals surface area contributed by atoms with Crippen molar-refractivity contribution in [1.82, 2.24) is 19.7 Å². The van der Waals surface area contributed by atoms with Crippen molar-refractivity contribution in [2.45, 2.75) is 35.4 Å². The predicted molar refractivity (Wildman–Crippen MR) is 163 cm³/mol. The molecule has 1 aliphatic heterocycles. The summed E-state index contributed by atoms with van der Waals surface area (Å²) in [5.74, 6) is 1.19. The zero-order chi connectivity index (χ0) is 28.6. The number of morpholine rings is 1. The molecule has 3 heterocycles. The monoisotopic (exact) mass is 589 g/mol. The molecule has 2 aromatic carbocycles. The van der Waals surface area contributed by atoms with E-state index in [9.17, 15) is 8.42 Å². The molecular formula is C29H31N7O3S2. The fourth-order valence-corrected chi connectivity index (χ4v) is 7.32. The number of rotatable bonds is 7. The van der Waals surface area contributed by atoms with E-state index in [1.165, 1.54) is 0 Å². The molecule has 1 saturated carbocycles. The van der Waals surface area contributed by atoms with E-state index in [2.05, 4.69) is 27.6 Å². The first-order valence-corrected chi connectivity index (χ1v) is 15.3. The number of nitrogens with zero attached hydrogens (tertiary/aromatic N) is 5. The Balaban J connectivity index is 1.33. The van der Waals surface area contributed by atoms with Gasteiger partial charge in [0.05, 0.1) is 41.7 Å². The molecule has 0 spiro atoms. The minimum Gasteiger partial charge on any atom is -0.377 e. The first-order valence-electron chi connectivity index (χ1n) is 13.5. The summed E-state index contributed by atoms with van der Waals surface area (Å²) in [4.78, 5) is 12.3. The Labute approximate surface area is 244 Å². The van der Waals surface area contributed by atoms with Crippen LogP contribution in [0.2, 0.25) is 0 Å². The van der Waals surface area contributed by atoms with Gasteiger partial charge in [-0.1, -0.05) is 18.2 Å². The average Bonchev–Trinajstić information content (AvgIpc) is 3.71. The van der Waals surface area contributed by atoms with Crippen molar-refractivity contribution in [1.29, 1.82) is 0 Å². The fourth-order valence-electron chi connectivity index (χ4n) is 5.09. The summed E-state index contributed by atoms with van der Waals surface area (Å²) in [6.45, 7) is 3.91. The third kappa shape index (κ3) is 5.42. The third-order valence-corrected chi connectivity index (χ3v) is 10.2. The maximum atomic E-state index is 13.9. The maximum Gasteiger partial charge on any atom is 0.189 e. The van der Waals surface area contributed by atoms with Crippen molar-refractivity contribution >= 4 is 44.4 Å². The van der Waals surface area contributed by atoms with Gasteiger partial charge in [0.15, 0.2) is 20.8 Å². The maximum absolute atomic E-state index is 13.9. The average molecular weight is 590 g/mol. The largest absolute Gasteiger partial charge is 0.377 e. The molecular weight excluding hydrogens is 558 g/mol. The van der Waals surface area contributed by atoms with Gasteiger partial charge in [0, 0.05) is 37.1 Å². The van der Waals surface area contributed by atoms with Crippen LogP contribution in [-0.2, 0) is 26.4 Å². The summed E-state index contributed by atoms with van der Waals surface area (Å²) < 4.78 is 34.0. The number of aryl methyl sites for hydroxylation is 1. The van der Waals surface area contributed by atoms with Gasteiger partial charge in [-0.3, -0.25) is 4.68 Å². The van der Waals surface area contributed by atoms with E-state index in [1.54, 1.807) is 35.1 Å². The van der Waals surface area contributed by atoms with Crippen molar-refractivity contribution in [2.24, 2.45) is 7.05 Å². The molecule has 1 saturated heterocycles. The smallest absolute Gasteiger partial charge is 0.189 e. The Morgan fingerprint density at radius 1 is 1.05 bits per heavy atom. The molecule has 0 bridgehead atoms. The van der Waals surface area contributed by atoms with E-state index in [0.717, 1.165) is 16.9 Å². The Hall–Kier alpha value is -3.87. The molecule has 2 fully saturated rings. The first-order chi connectivity index (χ1) is 19.7. The van der Waals surface area contributed by atoms with Crippen molar-refractivity contribution in [3.63, 3.8) is 0 Å². The van der Waals surface area contributed by atoms with Crippen LogP contribution in [-0.4, -0.2) is 59.1 Å². The lowest BCUT2D eigenvalue weighted by Gasteiger charge is -2.34. The van der Waals surface area contributed by atoms with E-state index in [-0.39, 0.29) is 6.04 Å². The summed E-state index contributed by atoms with van der Waals surface area (Å²) in [7, 11) is -1.82. The zero-order valence-corrected chi connectivity index (χ0v) is 24.5. The lowest BCUT2D eigenvalue weighted by atomic mass is 10.1. The number of sulfone groups is 1. The SMILES string of the molecule is C[C@H]1COCCN1c1cc(C2(S(=O)(=O)c3ccccc3)CC2)nc(-c2ccc(NC(=S)Nc3cnn(C)c3)cc2)n1. The highest BCUT2D eigenvalue weighted by Crippen LogP contribution is 2.55. The number of ether oxygens (including phenoxy) is 1. The fraction of sp³-hybridized carbons (Fsp3) is 0.310. The molecule has 2 N–H and O–H groups in total. The Kier molecular flexibility index (Phi) is 7.22. The van der Waals surface area contributed by atoms with Gasteiger partial charge in [0.1, 0.15) is 10.6 Å². The molecule has 10 nitrogen and oxygen atoms in total. The second-order valence-corrected chi connectivity index (χ2v) is 13.1. The molecule has 0 amide bonds. The van der Waals surface area contributed by atoms with Crippen LogP contribution in [0.5, 0.6) is 0 Å². The minimum absolute atomic E-state index is 0.0973. The molecule has 0 unspecified atom stereocenters. The predicted octanol–water partition coefficient (Wildman–Crippen LogP) is 4.37. The van der Waals surface area contributed by atoms with Gasteiger partial charge >= 0.3 is 0 Å². The molecule has 12 heteroatoms. The quantitative estimate of drug-likeness (QED) is 0.301. The normalized spacial score (nSPS) is 18.1. The molecule has 212 valence electrons. The van der Waals surface area contributed by atoms with Crippen LogP contribution in [0, 0.1) is 0 Å². The van der Waals surface area contributed by atoms with Crippen molar-refractivity contribution < 1.29 is 13.2 Å². The Morgan fingerprint density at radius 2 is 1.78 bits per heavy atom. The van der Waals surface area contributed by atoms with Crippen LogP contribution in [0.25, 0.3) is 11.4 Å². The van der Waals surface area contributed by atoms with Crippen LogP contribution in [0.3, 0.4) is 0 Å². The standard InChI is InChI=1S/C29H31N7O3S2/c1-20-19-39-15-14-36(20)26-16-25(29(12-13-29)41(37,38)24-6-4-3-5-7-24)33-27(34-26)21-8-10-22(11-9-21)31-28(40)32-23-17-30-35(2)18-23/h3-11,16-18,20H,12-15,19H2,1-2H3,(H2,31,32,40)/t20-/m0/s1. The van der Waals surface area contributed by atoms with Gasteiger partial charge in [-0.2, -0.15) is 5.10 Å². The van der Waals surface area contributed by atoms with Crippen molar-refractivity contribution in [2.75, 3.05) is 35.3 Å². The topological polar surface area (TPSA) is 114 Å². The summed E-state index contributed by atoms with van der Waals surface area (Å²) in [5, 5.41) is 10.8. The lowest BCUT2D eigenvalue weighted by Crippen LogP contribution is -2.44. The van der Waals surface area contributed by atoms with Gasteiger partial charge in [-0.05, 0) is 68.4 Å². The number of nitrogens with one attached hydrogen (secondary N) is 2. The molecule has 0 radical (unpaired) electrons. The van der Waals surface area contributed by atoms with Gasteiger partial charge in [0.25, 0.3) is 0 Å². The van der Waals surface area contributed by atoms with Crippen LogP contribution >= 0.6 is 12.2 Å². The van der Waals surface area contributed by atoms with E-state index < -0.39 is 14.6 Å². The van der Waals surface area contributed by atoms with Crippen LogP contribution < -0.4 is 15.5 Å². The second kappa shape index (κ2) is 10.8. The third-order valence-electron chi connectivity index (χ3n) is 7.48. The van der Waals surface area contributed by atoms with E-state index >= 15 is 0 Å². The summed E-state index contributed by atoms with van der Waals surface area (Å²) in [6.07, 6.45) is 4.56. The number of anilines is 3. The lowest BCUT2D eigenvalue weighted by molar-refractivity contribution is 0.0985. The van der Waals surface area contributed by atoms with Gasteiger partial charge < -0.3 is 20.3 Å². The van der Waals surface area contributed by atoms with Crippen LogP contribution in [0.1, 0.15) is 25.5 Å². The zero-order valence-electron chi connectivity index (χ0n) is 22.8. The minimum atomic E-state index is -3.66. The van der Waals surface area contributed by atoms with Crippen molar-refractivity contribution in [3.8, 4) is 11.4 Å². The molecule has 6 rings (SSSR count). The van der Waals surface area contributed by atoms with Gasteiger partial charge in [-0.25, -0.2) is 18.4 Å². The highest BCUT2D eigenvalue weighted by molar-refractivity contribution is 7.92. The van der Waals surface area contributed by atoms with E-state index in [1.807, 2.05) is 49.6 Å². The van der Waals surface area contributed by atoms with E-state index in [0.29, 0.717) is 59.9 Å². The van der Waals surface area contributed by atoms with Gasteiger partial charge in [-0.15, -0.1) is 0 Å². The molecule has 2 aliphatic rings. The summed E-state index contributed by atoms with van der Waals surface area (Å²) in [6, 6.07) is 18.2. The Bertz CT molecular complexity index is 1670. The molecule has 2 aromatic heterocycles. The van der Waals surface area contributed by atoms with Crippen LogP contribution in [0.4, 0.5) is 17.2 Å². The number of benzene rings is 2. The highest BCUT2D eigenvalue weighted by atomic mass is 32.2. The molecule has 1 atom stereocenters. The van der Waals surface area contributed by atoms with Crippen molar-refractivity contribution in [3.05, 3.63) is 78.8 Å². The molecule has 4 aromatic rings. The number of hydrogen-bond acceptors (Lipinski definition) is 8. The summed E-state index contributed by atoms with van der Waals surface area (Å²) >= 11 is 5.44. The number of hydrogen-bond donors (Lipinski definition) is 2.